The summed E-state index contributed by atoms with van der Waals surface area (Å²) < 4.78 is 37.5. The second kappa shape index (κ2) is 9.10. The summed E-state index contributed by atoms with van der Waals surface area (Å²) in [6, 6.07) is 7.62. The van der Waals surface area contributed by atoms with E-state index in [1.54, 1.807) is 0 Å². The summed E-state index contributed by atoms with van der Waals surface area (Å²) in [6.07, 6.45) is -3.15. The number of esters is 1. The van der Waals surface area contributed by atoms with Crippen LogP contribution in [0.4, 0.5) is 0 Å². The fourth-order valence-corrected chi connectivity index (χ4v) is 7.06. The van der Waals surface area contributed by atoms with E-state index in [0.29, 0.717) is 17.9 Å². The number of hydrogen-bond donors (Lipinski definition) is 2. The van der Waals surface area contributed by atoms with Gasteiger partial charge in [0.25, 0.3) is 0 Å². The van der Waals surface area contributed by atoms with Crippen LogP contribution in [0.25, 0.3) is 0 Å². The van der Waals surface area contributed by atoms with Crippen LogP contribution in [0.2, 0.25) is 0 Å². The molecule has 1 aromatic heterocycles. The Morgan fingerprint density at radius 3 is 2.85 bits per heavy atom. The fraction of sp³-hybridized carbons (Fsp3) is 0.542. The molecule has 3 aliphatic heterocycles. The van der Waals surface area contributed by atoms with Gasteiger partial charge in [0.2, 0.25) is 6.79 Å². The number of aliphatic hydroxyl groups is 2. The monoisotopic (exact) mass is 588 g/mol. The number of aliphatic hydroxyl groups excluding tert-OH is 2. The van der Waals surface area contributed by atoms with Gasteiger partial charge in [0.05, 0.1) is 0 Å². The summed E-state index contributed by atoms with van der Waals surface area (Å²) in [6.45, 7) is 2.42. The molecule has 2 saturated heterocycles. The van der Waals surface area contributed by atoms with Gasteiger partial charge < -0.3 is 9.47 Å². The minimum absolute atomic E-state index is 0.136. The van der Waals surface area contributed by atoms with Crippen LogP contribution in [0, 0.1) is 17.8 Å². The third-order valence-corrected chi connectivity index (χ3v) is 9.78. The van der Waals surface area contributed by atoms with Crippen LogP contribution in [0.15, 0.2) is 28.3 Å². The molecule has 0 spiro atoms. The molecule has 0 radical (unpaired) electrons. The first-order valence-electron chi connectivity index (χ1n) is 11.4. The Morgan fingerprint density at radius 2 is 2.06 bits per heavy atom. The maximum absolute atomic E-state index is 12.4. The number of carbonyl (C=O) groups is 1. The fourth-order valence-electron chi connectivity index (χ4n) is 5.19. The number of cyclic esters (lactones) is 1. The molecule has 1 aromatic carbocycles. The van der Waals surface area contributed by atoms with Crippen molar-refractivity contribution in [3.8, 4) is 11.5 Å². The van der Waals surface area contributed by atoms with Crippen molar-refractivity contribution in [3.05, 3.63) is 43.1 Å². The van der Waals surface area contributed by atoms with E-state index in [-0.39, 0.29) is 43.7 Å². The van der Waals surface area contributed by atoms with Crippen LogP contribution in [0.5, 0.6) is 11.5 Å². The van der Waals surface area contributed by atoms with Crippen LogP contribution >= 0.6 is 0 Å². The number of fused-ring (bicyclic) bond motifs is 3. The molecule has 8 unspecified atom stereocenters. The van der Waals surface area contributed by atoms with E-state index in [0.717, 1.165) is 14.7 Å². The van der Waals surface area contributed by atoms with Gasteiger partial charge in [0.15, 0.2) is 5.75 Å². The predicted octanol–water partition coefficient (Wildman–Crippen LogP) is 1.30. The summed E-state index contributed by atoms with van der Waals surface area (Å²) in [5, 5.41) is 21.2. The molecule has 2 aromatic rings. The number of rotatable bonds is 6. The molecule has 8 atom stereocenters. The van der Waals surface area contributed by atoms with E-state index in [2.05, 4.69) is 4.08 Å². The van der Waals surface area contributed by atoms with Crippen LogP contribution in [0.3, 0.4) is 0 Å². The minimum atomic E-state index is -0.956. The number of benzene rings is 1. The van der Waals surface area contributed by atoms with E-state index in [1.165, 1.54) is 0 Å². The summed E-state index contributed by atoms with van der Waals surface area (Å²) in [7, 11) is 0. The van der Waals surface area contributed by atoms with Crippen LogP contribution in [-0.4, -0.2) is 75.1 Å². The number of carbonyl (C=O) groups excluding carboxylic acids is 1. The Bertz CT molecular complexity index is 1060. The van der Waals surface area contributed by atoms with Crippen molar-refractivity contribution < 1.29 is 43.4 Å². The zero-order valence-electron chi connectivity index (χ0n) is 18.5. The van der Waals surface area contributed by atoms with Gasteiger partial charge in [0, 0.05) is 0 Å². The predicted molar refractivity (Wildman–Crippen MR) is 116 cm³/mol. The van der Waals surface area contributed by atoms with E-state index in [1.807, 2.05) is 31.2 Å². The molecule has 6 rings (SSSR count). The van der Waals surface area contributed by atoms with Gasteiger partial charge in [0.1, 0.15) is 0 Å². The molecular formula is C24H26O9Te. The second-order valence-electron chi connectivity index (χ2n) is 9.16. The summed E-state index contributed by atoms with van der Waals surface area (Å²) >= 11 is -0.516. The van der Waals surface area contributed by atoms with Gasteiger partial charge in [-0.1, -0.05) is 0 Å². The van der Waals surface area contributed by atoms with Gasteiger partial charge in [-0.25, -0.2) is 0 Å². The van der Waals surface area contributed by atoms with E-state index in [4.69, 9.17) is 28.4 Å². The zero-order valence-corrected chi connectivity index (χ0v) is 20.8. The molecule has 0 saturated carbocycles. The number of ether oxygens (including phenoxy) is 6. The molecular weight excluding hydrogens is 560 g/mol. The topological polar surface area (TPSA) is 113 Å². The molecule has 10 heteroatoms. The Kier molecular flexibility index (Phi) is 6.10. The van der Waals surface area contributed by atoms with Crippen molar-refractivity contribution in [3.63, 3.8) is 0 Å². The van der Waals surface area contributed by atoms with E-state index >= 15 is 0 Å². The van der Waals surface area contributed by atoms with E-state index in [9.17, 15) is 15.0 Å². The number of hydrogen-bond acceptors (Lipinski definition) is 9. The molecule has 34 heavy (non-hydrogen) atoms. The second-order valence-corrected chi connectivity index (χ2v) is 12.0. The van der Waals surface area contributed by atoms with Gasteiger partial charge in [-0.15, -0.1) is 0 Å². The Labute approximate surface area is 206 Å². The van der Waals surface area contributed by atoms with Crippen LogP contribution in [0.1, 0.15) is 34.0 Å². The van der Waals surface area contributed by atoms with Crippen molar-refractivity contribution >= 4 is 26.4 Å². The van der Waals surface area contributed by atoms with Crippen LogP contribution < -0.4 is 9.47 Å². The zero-order chi connectivity index (χ0) is 23.4. The van der Waals surface area contributed by atoms with Crippen LogP contribution in [-0.2, 0) is 30.2 Å². The van der Waals surface area contributed by atoms with Gasteiger partial charge in [-0.3, -0.25) is 4.79 Å². The summed E-state index contributed by atoms with van der Waals surface area (Å²) in [4.78, 5) is 12.4. The molecule has 0 amide bonds. The Hall–Kier alpha value is -1.64. The SMILES string of the molecule is CC1C(COC(O)c2ccc[te]2)OC(OC2c3cc4c(cc3CC3C(=O)OCC32)OCO4)C1O. The standard InChI is InChI=1S/C24H26O9Te/c1-11-18(9-29-23(27)19-3-2-4-34-19)32-24(20(11)25)33-21-13-7-17-16(30-10-31-17)6-12(13)5-14-15(21)8-28-22(14)26/h2-4,6-7,11,14-15,18,20-21,23-25,27H,5,8-10H2,1H3. The molecule has 1 aliphatic carbocycles. The average molecular weight is 586 g/mol. The maximum atomic E-state index is 12.4. The normalized spacial score (nSPS) is 34.6. The third kappa shape index (κ3) is 3.95. The van der Waals surface area contributed by atoms with Gasteiger partial charge >= 0.3 is 180 Å². The first kappa shape index (κ1) is 22.8. The Balaban J connectivity index is 1.20. The van der Waals surface area contributed by atoms with Crippen molar-refractivity contribution in [1.29, 1.82) is 0 Å². The molecule has 2 fully saturated rings. The molecule has 4 aliphatic rings. The van der Waals surface area contributed by atoms with Gasteiger partial charge in [-0.05, 0) is 0 Å². The van der Waals surface area contributed by atoms with Crippen molar-refractivity contribution in [1.82, 2.24) is 0 Å². The van der Waals surface area contributed by atoms with Crippen molar-refractivity contribution in [2.24, 2.45) is 17.8 Å². The van der Waals surface area contributed by atoms with Crippen molar-refractivity contribution in [2.45, 2.75) is 44.2 Å². The van der Waals surface area contributed by atoms with E-state index < -0.39 is 51.3 Å². The molecule has 4 heterocycles. The quantitative estimate of drug-likeness (QED) is 0.294. The third-order valence-electron chi connectivity index (χ3n) is 7.21. The molecule has 182 valence electrons. The Morgan fingerprint density at radius 1 is 1.24 bits per heavy atom. The summed E-state index contributed by atoms with van der Waals surface area (Å²) in [5.41, 5.74) is 1.84. The summed E-state index contributed by atoms with van der Waals surface area (Å²) in [5.74, 6) is 0.287. The molecule has 2 N–H and O–H groups in total. The first-order chi connectivity index (χ1) is 16.5. The molecule has 9 nitrogen and oxygen atoms in total. The first-order valence-corrected chi connectivity index (χ1v) is 13.9. The van der Waals surface area contributed by atoms with Gasteiger partial charge in [-0.2, -0.15) is 0 Å². The molecule has 0 bridgehead atoms. The van der Waals surface area contributed by atoms with Crippen molar-refractivity contribution in [2.75, 3.05) is 20.0 Å². The average Bonchev–Trinajstić information content (AvgIpc) is 3.62.